The lowest BCUT2D eigenvalue weighted by Crippen LogP contribution is -2.10. The second kappa shape index (κ2) is 6.54. The summed E-state index contributed by atoms with van der Waals surface area (Å²) in [4.78, 5) is 21.3. The van der Waals surface area contributed by atoms with Crippen LogP contribution in [0.2, 0.25) is 0 Å². The van der Waals surface area contributed by atoms with E-state index in [1.807, 2.05) is 6.08 Å². The minimum Gasteiger partial charge on any atom is -0.481 e. The number of carboxylic acids is 2. The predicted molar refractivity (Wildman–Crippen MR) is 86.1 cm³/mol. The number of carboxylic acid groups (broad SMARTS) is 2. The number of hydrogen-bond donors (Lipinski definition) is 2. The van der Waals surface area contributed by atoms with Crippen LogP contribution in [0.15, 0.2) is 45.1 Å². The minimum atomic E-state index is -1.13. The molecule has 116 valence electrons. The summed E-state index contributed by atoms with van der Waals surface area (Å²) in [5.74, 6) is -2.19. The van der Waals surface area contributed by atoms with Gasteiger partial charge in [0.1, 0.15) is 0 Å². The van der Waals surface area contributed by atoms with Crippen LogP contribution in [0, 0.1) is 0 Å². The topological polar surface area (TPSA) is 79.5 Å². The van der Waals surface area contributed by atoms with E-state index in [0.29, 0.717) is 4.47 Å². The molecular formula is C15H13BrClNO4. The van der Waals surface area contributed by atoms with Crippen LogP contribution < -0.4 is 0 Å². The normalized spacial score (nSPS) is 14.8. The van der Waals surface area contributed by atoms with Crippen molar-refractivity contribution >= 4 is 39.5 Å². The lowest BCUT2D eigenvalue weighted by atomic mass is 10.2. The summed E-state index contributed by atoms with van der Waals surface area (Å²) in [6.07, 6.45) is 8.51. The van der Waals surface area contributed by atoms with Gasteiger partial charge in [0.15, 0.2) is 0 Å². The number of allylic oxidation sites excluding steroid dienone is 6. The van der Waals surface area contributed by atoms with Gasteiger partial charge < -0.3 is 14.8 Å². The second-order valence-electron chi connectivity index (χ2n) is 4.89. The van der Waals surface area contributed by atoms with E-state index in [4.69, 9.17) is 21.8 Å². The monoisotopic (exact) mass is 385 g/mol. The number of aromatic nitrogens is 1. The van der Waals surface area contributed by atoms with Crippen molar-refractivity contribution < 1.29 is 19.8 Å². The smallest absolute Gasteiger partial charge is 0.338 e. The Morgan fingerprint density at radius 1 is 1.36 bits per heavy atom. The molecule has 2 bridgehead atoms. The number of aliphatic carboxylic acids is 1. The standard InChI is InChI=1S/C8H8BrNO4.C7H5Cl/c1-10-3-4(9)7(8(13)14)5(10)2-6(11)12;8-7-4-5-1-2-6(7)3-5/h3H,2H2,1H3,(H,11,12)(H,13,14);1-2,4H,3H2. The van der Waals surface area contributed by atoms with Crippen LogP contribution in [0.1, 0.15) is 22.5 Å². The minimum absolute atomic E-state index is 0.00917. The van der Waals surface area contributed by atoms with E-state index < -0.39 is 11.9 Å². The van der Waals surface area contributed by atoms with Crippen LogP contribution in [-0.4, -0.2) is 26.7 Å². The van der Waals surface area contributed by atoms with E-state index in [9.17, 15) is 9.59 Å². The molecule has 0 amide bonds. The number of nitrogens with zero attached hydrogens (tertiary/aromatic N) is 1. The first-order valence-electron chi connectivity index (χ1n) is 6.35. The Morgan fingerprint density at radius 3 is 2.41 bits per heavy atom. The largest absolute Gasteiger partial charge is 0.481 e. The van der Waals surface area contributed by atoms with Gasteiger partial charge in [-0.25, -0.2) is 4.79 Å². The summed E-state index contributed by atoms with van der Waals surface area (Å²) in [5, 5.41) is 18.4. The van der Waals surface area contributed by atoms with E-state index in [1.54, 1.807) is 7.05 Å². The van der Waals surface area contributed by atoms with Crippen molar-refractivity contribution in [3.63, 3.8) is 0 Å². The maximum atomic E-state index is 10.8. The van der Waals surface area contributed by atoms with Gasteiger partial charge in [0.05, 0.1) is 16.5 Å². The van der Waals surface area contributed by atoms with Crippen LogP contribution >= 0.6 is 27.5 Å². The van der Waals surface area contributed by atoms with Crippen LogP contribution in [0.5, 0.6) is 0 Å². The number of hydrogen-bond acceptors (Lipinski definition) is 2. The van der Waals surface area contributed by atoms with Gasteiger partial charge in [-0.1, -0.05) is 23.8 Å². The molecule has 0 aliphatic heterocycles. The van der Waals surface area contributed by atoms with Crippen LogP contribution in [0.25, 0.3) is 0 Å². The molecule has 3 rings (SSSR count). The van der Waals surface area contributed by atoms with E-state index in [1.165, 1.54) is 21.9 Å². The fourth-order valence-electron chi connectivity index (χ4n) is 2.27. The van der Waals surface area contributed by atoms with Gasteiger partial charge in [0.25, 0.3) is 0 Å². The third-order valence-corrected chi connectivity index (χ3v) is 4.26. The first-order valence-corrected chi connectivity index (χ1v) is 7.52. The molecule has 2 N–H and O–H groups in total. The van der Waals surface area contributed by atoms with Crippen molar-refractivity contribution in [2.24, 2.45) is 7.05 Å². The Balaban J connectivity index is 0.000000183. The first kappa shape index (κ1) is 16.6. The van der Waals surface area contributed by atoms with Gasteiger partial charge in [0.2, 0.25) is 0 Å². The highest BCUT2D eigenvalue weighted by Crippen LogP contribution is 2.34. The van der Waals surface area contributed by atoms with Crippen molar-refractivity contribution in [1.82, 2.24) is 4.57 Å². The summed E-state index contributed by atoms with van der Waals surface area (Å²) in [6, 6.07) is 0. The maximum absolute atomic E-state index is 10.8. The third kappa shape index (κ3) is 3.51. The van der Waals surface area contributed by atoms with Gasteiger partial charge in [-0.05, 0) is 39.6 Å². The molecule has 1 aromatic rings. The molecule has 0 radical (unpaired) electrons. The molecule has 0 spiro atoms. The molecule has 2 aliphatic carbocycles. The highest BCUT2D eigenvalue weighted by Gasteiger charge is 2.20. The highest BCUT2D eigenvalue weighted by molar-refractivity contribution is 9.10. The molecule has 0 atom stereocenters. The van der Waals surface area contributed by atoms with Crippen molar-refractivity contribution in [2.75, 3.05) is 0 Å². The number of halogens is 2. The van der Waals surface area contributed by atoms with E-state index >= 15 is 0 Å². The summed E-state index contributed by atoms with van der Waals surface area (Å²) in [5.41, 5.74) is 2.92. The van der Waals surface area contributed by atoms with E-state index in [0.717, 1.165) is 11.5 Å². The lowest BCUT2D eigenvalue weighted by Gasteiger charge is -2.01. The molecule has 0 fully saturated rings. The van der Waals surface area contributed by atoms with Gasteiger partial charge in [0, 0.05) is 24.0 Å². The zero-order valence-electron chi connectivity index (χ0n) is 11.6. The first-order chi connectivity index (χ1) is 10.3. The van der Waals surface area contributed by atoms with Crippen molar-refractivity contribution in [1.29, 1.82) is 0 Å². The zero-order valence-corrected chi connectivity index (χ0v) is 14.0. The Morgan fingerprint density at radius 2 is 2.05 bits per heavy atom. The van der Waals surface area contributed by atoms with Gasteiger partial charge in [-0.3, -0.25) is 4.79 Å². The fraction of sp³-hybridized carbons (Fsp3) is 0.200. The summed E-state index contributed by atoms with van der Waals surface area (Å²) in [6.45, 7) is 0. The molecule has 0 saturated carbocycles. The summed E-state index contributed by atoms with van der Waals surface area (Å²) in [7, 11) is 1.61. The van der Waals surface area contributed by atoms with Crippen molar-refractivity contribution in [3.05, 3.63) is 56.3 Å². The number of fused-ring (bicyclic) bond motifs is 2. The second-order valence-corrected chi connectivity index (χ2v) is 6.15. The van der Waals surface area contributed by atoms with Crippen molar-refractivity contribution in [2.45, 2.75) is 12.8 Å². The molecule has 5 nitrogen and oxygen atoms in total. The Kier molecular flexibility index (Phi) is 4.93. The average molecular weight is 387 g/mol. The maximum Gasteiger partial charge on any atom is 0.338 e. The molecule has 1 aromatic heterocycles. The summed E-state index contributed by atoms with van der Waals surface area (Å²) >= 11 is 8.82. The number of aromatic carboxylic acids is 1. The molecule has 7 heteroatoms. The molecule has 2 aliphatic rings. The van der Waals surface area contributed by atoms with Crippen LogP contribution in [0.4, 0.5) is 0 Å². The predicted octanol–water partition coefficient (Wildman–Crippen LogP) is 3.49. The third-order valence-electron chi connectivity index (χ3n) is 3.30. The average Bonchev–Trinajstić information content (AvgIpc) is 3.05. The lowest BCUT2D eigenvalue weighted by molar-refractivity contribution is -0.136. The zero-order chi connectivity index (χ0) is 16.4. The molecule has 0 aromatic carbocycles. The SMILES string of the molecule is ClC1=C2C=CC(=C1)C2.Cn1cc(Br)c(C(=O)O)c1CC(=O)O. The number of rotatable bonds is 3. The molecular weight excluding hydrogens is 374 g/mol. The van der Waals surface area contributed by atoms with E-state index in [2.05, 4.69) is 28.1 Å². The summed E-state index contributed by atoms with van der Waals surface area (Å²) < 4.78 is 1.88. The van der Waals surface area contributed by atoms with E-state index in [-0.39, 0.29) is 17.7 Å². The Hall–Kier alpha value is -1.79. The van der Waals surface area contributed by atoms with Gasteiger partial charge >= 0.3 is 11.9 Å². The molecule has 0 unspecified atom stereocenters. The Labute approximate surface area is 140 Å². The van der Waals surface area contributed by atoms with Crippen molar-refractivity contribution in [3.8, 4) is 0 Å². The highest BCUT2D eigenvalue weighted by atomic mass is 79.9. The van der Waals surface area contributed by atoms with Gasteiger partial charge in [-0.2, -0.15) is 0 Å². The van der Waals surface area contributed by atoms with Crippen LogP contribution in [0.3, 0.4) is 0 Å². The number of aryl methyl sites for hydroxylation is 1. The Bertz CT molecular complexity index is 743. The number of carbonyl (C=O) groups is 2. The fourth-order valence-corrected chi connectivity index (χ4v) is 3.25. The molecule has 0 saturated heterocycles. The molecule has 1 heterocycles. The van der Waals surface area contributed by atoms with Gasteiger partial charge in [-0.15, -0.1) is 0 Å². The molecule has 22 heavy (non-hydrogen) atoms. The van der Waals surface area contributed by atoms with Crippen LogP contribution in [-0.2, 0) is 18.3 Å². The quantitative estimate of drug-likeness (QED) is 0.833.